The predicted octanol–water partition coefficient (Wildman–Crippen LogP) is 4.91. The van der Waals surface area contributed by atoms with Crippen molar-refractivity contribution in [1.29, 1.82) is 0 Å². The number of aryl methyl sites for hydroxylation is 1. The number of nitrogens with one attached hydrogen (secondary N) is 2. The first-order chi connectivity index (χ1) is 11.2. The fourth-order valence-electron chi connectivity index (χ4n) is 1.94. The molecule has 0 bridgehead atoms. The summed E-state index contributed by atoms with van der Waals surface area (Å²) in [5, 5.41) is 6.22. The van der Waals surface area contributed by atoms with E-state index in [1.807, 2.05) is 19.1 Å². The second-order valence-electron chi connectivity index (χ2n) is 6.06. The van der Waals surface area contributed by atoms with Gasteiger partial charge in [0, 0.05) is 21.4 Å². The van der Waals surface area contributed by atoms with E-state index in [9.17, 15) is 9.59 Å². The fraction of sp³-hybridized carbons (Fsp3) is 0.222. The summed E-state index contributed by atoms with van der Waals surface area (Å²) in [6, 6.07) is 12.1. The number of amides is 2. The first-order valence-corrected chi connectivity index (χ1v) is 8.10. The van der Waals surface area contributed by atoms with E-state index in [1.165, 1.54) is 0 Å². The van der Waals surface area contributed by atoms with Crippen LogP contribution in [0.2, 0.25) is 10.0 Å². The van der Waals surface area contributed by atoms with E-state index in [4.69, 9.17) is 23.2 Å². The smallest absolute Gasteiger partial charge is 0.239 e. The van der Waals surface area contributed by atoms with Gasteiger partial charge >= 0.3 is 0 Å². The second kappa shape index (κ2) is 7.24. The third kappa shape index (κ3) is 4.49. The number of carbonyl (C=O) groups is 2. The number of hydrogen-bond acceptors (Lipinski definition) is 2. The average Bonchev–Trinajstić information content (AvgIpc) is 2.48. The molecule has 0 fully saturated rings. The van der Waals surface area contributed by atoms with Crippen LogP contribution in [-0.2, 0) is 9.59 Å². The van der Waals surface area contributed by atoms with Crippen molar-refractivity contribution in [3.8, 4) is 0 Å². The minimum absolute atomic E-state index is 0.403. The van der Waals surface area contributed by atoms with Gasteiger partial charge in [0.15, 0.2) is 0 Å². The molecule has 4 nitrogen and oxygen atoms in total. The van der Waals surface area contributed by atoms with Crippen LogP contribution in [0.15, 0.2) is 42.5 Å². The van der Waals surface area contributed by atoms with Gasteiger partial charge in [-0.05, 0) is 51.1 Å². The van der Waals surface area contributed by atoms with Gasteiger partial charge in [-0.25, -0.2) is 0 Å². The van der Waals surface area contributed by atoms with Crippen LogP contribution in [0.4, 0.5) is 11.4 Å². The highest BCUT2D eigenvalue weighted by Crippen LogP contribution is 2.26. The molecule has 2 amide bonds. The van der Waals surface area contributed by atoms with Crippen LogP contribution in [0, 0.1) is 12.3 Å². The Bertz CT molecular complexity index is 751. The predicted molar refractivity (Wildman–Crippen MR) is 98.7 cm³/mol. The highest BCUT2D eigenvalue weighted by atomic mass is 35.5. The van der Waals surface area contributed by atoms with E-state index >= 15 is 0 Å². The molecule has 0 unspecified atom stereocenters. The Labute approximate surface area is 151 Å². The zero-order chi connectivity index (χ0) is 17.9. The molecule has 0 radical (unpaired) electrons. The van der Waals surface area contributed by atoms with Gasteiger partial charge in [-0.15, -0.1) is 0 Å². The topological polar surface area (TPSA) is 58.2 Å². The van der Waals surface area contributed by atoms with Crippen LogP contribution in [0.5, 0.6) is 0 Å². The largest absolute Gasteiger partial charge is 0.325 e. The summed E-state index contributed by atoms with van der Waals surface area (Å²) >= 11 is 11.8. The molecule has 0 aliphatic rings. The van der Waals surface area contributed by atoms with E-state index in [-0.39, 0.29) is 0 Å². The molecule has 24 heavy (non-hydrogen) atoms. The second-order valence-corrected chi connectivity index (χ2v) is 6.93. The maximum absolute atomic E-state index is 12.5. The van der Waals surface area contributed by atoms with Gasteiger partial charge in [0.1, 0.15) is 5.41 Å². The van der Waals surface area contributed by atoms with Gasteiger partial charge in [-0.3, -0.25) is 9.59 Å². The van der Waals surface area contributed by atoms with Crippen LogP contribution in [-0.4, -0.2) is 11.8 Å². The number of halogens is 2. The van der Waals surface area contributed by atoms with Crippen molar-refractivity contribution in [3.63, 3.8) is 0 Å². The highest BCUT2D eigenvalue weighted by molar-refractivity contribution is 6.35. The van der Waals surface area contributed by atoms with E-state index in [0.29, 0.717) is 21.4 Å². The average molecular weight is 365 g/mol. The van der Waals surface area contributed by atoms with Gasteiger partial charge in [0.05, 0.1) is 0 Å². The molecular weight excluding hydrogens is 347 g/mol. The summed E-state index contributed by atoms with van der Waals surface area (Å²) in [4.78, 5) is 24.9. The summed E-state index contributed by atoms with van der Waals surface area (Å²) in [5.41, 5.74) is 0.883. The number of rotatable bonds is 4. The lowest BCUT2D eigenvalue weighted by Crippen LogP contribution is -2.41. The number of anilines is 2. The number of hydrogen-bond donors (Lipinski definition) is 2. The maximum Gasteiger partial charge on any atom is 0.239 e. The van der Waals surface area contributed by atoms with Crippen molar-refractivity contribution in [2.75, 3.05) is 10.6 Å². The molecule has 6 heteroatoms. The Morgan fingerprint density at radius 2 is 1.29 bits per heavy atom. The van der Waals surface area contributed by atoms with Crippen LogP contribution in [0.3, 0.4) is 0 Å². The Hall–Kier alpha value is -2.04. The third-order valence-corrected chi connectivity index (χ3v) is 4.00. The Balaban J connectivity index is 2.11. The van der Waals surface area contributed by atoms with E-state index in [1.54, 1.807) is 44.2 Å². The maximum atomic E-state index is 12.5. The summed E-state index contributed by atoms with van der Waals surface area (Å²) in [6.07, 6.45) is 0. The number of carbonyl (C=O) groups excluding carboxylic acids is 2. The zero-order valence-corrected chi connectivity index (χ0v) is 15.1. The normalized spacial score (nSPS) is 11.0. The highest BCUT2D eigenvalue weighted by Gasteiger charge is 2.36. The Morgan fingerprint density at radius 3 is 1.79 bits per heavy atom. The minimum Gasteiger partial charge on any atom is -0.325 e. The molecule has 2 N–H and O–H groups in total. The number of benzene rings is 2. The zero-order valence-electron chi connectivity index (χ0n) is 13.6. The molecular formula is C18H18Cl2N2O2. The van der Waals surface area contributed by atoms with Crippen LogP contribution in [0.25, 0.3) is 0 Å². The molecule has 2 aromatic carbocycles. The molecule has 0 aliphatic carbocycles. The van der Waals surface area contributed by atoms with Crippen molar-refractivity contribution in [3.05, 3.63) is 58.1 Å². The molecule has 2 rings (SSSR count). The van der Waals surface area contributed by atoms with Crippen molar-refractivity contribution >= 4 is 46.4 Å². The molecule has 0 aromatic heterocycles. The van der Waals surface area contributed by atoms with Gasteiger partial charge < -0.3 is 10.6 Å². The fourth-order valence-corrected chi connectivity index (χ4v) is 2.47. The van der Waals surface area contributed by atoms with E-state index in [2.05, 4.69) is 10.6 Å². The lowest BCUT2D eigenvalue weighted by atomic mass is 9.90. The van der Waals surface area contributed by atoms with Crippen molar-refractivity contribution in [2.45, 2.75) is 20.8 Å². The van der Waals surface area contributed by atoms with Crippen molar-refractivity contribution in [1.82, 2.24) is 0 Å². The lowest BCUT2D eigenvalue weighted by Gasteiger charge is -2.23. The van der Waals surface area contributed by atoms with E-state index in [0.717, 1.165) is 5.56 Å². The van der Waals surface area contributed by atoms with Gasteiger partial charge in [0.25, 0.3) is 0 Å². The van der Waals surface area contributed by atoms with Gasteiger partial charge in [-0.1, -0.05) is 40.9 Å². The monoisotopic (exact) mass is 364 g/mol. The quantitative estimate of drug-likeness (QED) is 0.757. The Kier molecular flexibility index (Phi) is 5.52. The minimum atomic E-state index is -1.28. The summed E-state index contributed by atoms with van der Waals surface area (Å²) in [7, 11) is 0. The van der Waals surface area contributed by atoms with Gasteiger partial charge in [0.2, 0.25) is 11.8 Å². The molecule has 0 spiro atoms. The van der Waals surface area contributed by atoms with Gasteiger partial charge in [-0.2, -0.15) is 0 Å². The molecule has 0 saturated heterocycles. The van der Waals surface area contributed by atoms with Crippen LogP contribution in [0.1, 0.15) is 19.4 Å². The first kappa shape index (κ1) is 18.3. The van der Waals surface area contributed by atoms with Crippen LogP contribution < -0.4 is 10.6 Å². The first-order valence-electron chi connectivity index (χ1n) is 7.34. The lowest BCUT2D eigenvalue weighted by molar-refractivity contribution is -0.135. The van der Waals surface area contributed by atoms with Crippen molar-refractivity contribution < 1.29 is 9.59 Å². The van der Waals surface area contributed by atoms with E-state index < -0.39 is 17.2 Å². The molecule has 0 aliphatic heterocycles. The van der Waals surface area contributed by atoms with Crippen molar-refractivity contribution in [2.24, 2.45) is 5.41 Å². The summed E-state index contributed by atoms with van der Waals surface area (Å²) < 4.78 is 0. The third-order valence-electron chi connectivity index (χ3n) is 3.57. The standard InChI is InChI=1S/C18H18Cl2N2O2/c1-11-4-6-14(7-5-11)21-16(23)18(2,3)17(24)22-15-9-12(19)8-13(20)10-15/h4-10H,1-3H3,(H,21,23)(H,22,24). The molecule has 2 aromatic rings. The Morgan fingerprint density at radius 1 is 0.833 bits per heavy atom. The molecule has 0 heterocycles. The molecule has 126 valence electrons. The summed E-state index contributed by atoms with van der Waals surface area (Å²) in [5.74, 6) is -0.859. The SMILES string of the molecule is Cc1ccc(NC(=O)C(C)(C)C(=O)Nc2cc(Cl)cc(Cl)c2)cc1. The molecule has 0 saturated carbocycles. The molecule has 0 atom stereocenters. The van der Waals surface area contributed by atoms with Crippen LogP contribution >= 0.6 is 23.2 Å². The summed E-state index contributed by atoms with van der Waals surface area (Å²) in [6.45, 7) is 5.06.